The zero-order valence-corrected chi connectivity index (χ0v) is 15.4. The van der Waals surface area contributed by atoms with Gasteiger partial charge < -0.3 is 5.32 Å². The van der Waals surface area contributed by atoms with Gasteiger partial charge >= 0.3 is 0 Å². The summed E-state index contributed by atoms with van der Waals surface area (Å²) in [6.07, 6.45) is 0.797. The molecule has 1 amide bonds. The van der Waals surface area contributed by atoms with Gasteiger partial charge in [0.2, 0.25) is 5.91 Å². The Hall–Kier alpha value is -3.20. The van der Waals surface area contributed by atoms with Crippen molar-refractivity contribution in [1.29, 1.82) is 0 Å². The molecule has 1 atom stereocenters. The Morgan fingerprint density at radius 1 is 0.815 bits per heavy atom. The van der Waals surface area contributed by atoms with E-state index in [2.05, 4.69) is 5.32 Å². The predicted octanol–water partition coefficient (Wildman–Crippen LogP) is 4.38. The first-order valence-electron chi connectivity index (χ1n) is 9.16. The molecule has 3 rings (SSSR count). The van der Waals surface area contributed by atoms with Crippen molar-refractivity contribution < 1.29 is 9.59 Å². The third-order valence-electron chi connectivity index (χ3n) is 4.63. The summed E-state index contributed by atoms with van der Waals surface area (Å²) in [6.45, 7) is 2.46. The van der Waals surface area contributed by atoms with Crippen LogP contribution in [-0.2, 0) is 11.2 Å². The topological polar surface area (TPSA) is 46.2 Å². The van der Waals surface area contributed by atoms with Gasteiger partial charge in [0.05, 0.1) is 5.92 Å². The Kier molecular flexibility index (Phi) is 6.16. The molecule has 0 saturated heterocycles. The van der Waals surface area contributed by atoms with Crippen molar-refractivity contribution in [2.24, 2.45) is 0 Å². The lowest BCUT2D eigenvalue weighted by Gasteiger charge is -2.14. The number of carbonyl (C=O) groups excluding carboxylic acids is 2. The largest absolute Gasteiger partial charge is 0.355 e. The lowest BCUT2D eigenvalue weighted by atomic mass is 9.95. The zero-order chi connectivity index (χ0) is 19.1. The van der Waals surface area contributed by atoms with Gasteiger partial charge in [-0.05, 0) is 30.5 Å². The number of rotatable bonds is 7. The van der Waals surface area contributed by atoms with E-state index in [1.807, 2.05) is 73.7 Å². The molecule has 3 heteroatoms. The fourth-order valence-corrected chi connectivity index (χ4v) is 2.98. The smallest absolute Gasteiger partial charge is 0.227 e. The minimum absolute atomic E-state index is 0.0322. The fraction of sp³-hybridized carbons (Fsp3) is 0.167. The van der Waals surface area contributed by atoms with Crippen LogP contribution in [0.15, 0.2) is 84.9 Å². The molecule has 0 fully saturated rings. The monoisotopic (exact) mass is 357 g/mol. The highest BCUT2D eigenvalue weighted by Crippen LogP contribution is 2.19. The summed E-state index contributed by atoms with van der Waals surface area (Å²) in [5.74, 6) is -0.381. The van der Waals surface area contributed by atoms with E-state index in [1.165, 1.54) is 5.56 Å². The molecule has 0 saturated carbocycles. The van der Waals surface area contributed by atoms with E-state index in [0.717, 1.165) is 12.0 Å². The highest BCUT2D eigenvalue weighted by atomic mass is 16.1. The second-order valence-corrected chi connectivity index (χ2v) is 6.57. The number of ketones is 1. The van der Waals surface area contributed by atoms with Crippen molar-refractivity contribution in [2.75, 3.05) is 6.54 Å². The number of hydrogen-bond donors (Lipinski definition) is 1. The normalized spacial score (nSPS) is 11.6. The van der Waals surface area contributed by atoms with Crippen LogP contribution in [-0.4, -0.2) is 18.2 Å². The summed E-state index contributed by atoms with van der Waals surface area (Å²) in [5, 5.41) is 2.99. The van der Waals surface area contributed by atoms with Gasteiger partial charge in [0.15, 0.2) is 5.78 Å². The van der Waals surface area contributed by atoms with E-state index in [-0.39, 0.29) is 17.6 Å². The van der Waals surface area contributed by atoms with E-state index in [1.54, 1.807) is 18.2 Å². The van der Waals surface area contributed by atoms with Gasteiger partial charge in [-0.25, -0.2) is 0 Å². The van der Waals surface area contributed by atoms with E-state index < -0.39 is 0 Å². The number of amides is 1. The first kappa shape index (κ1) is 18.6. The number of carbonyl (C=O) groups is 2. The molecule has 0 aromatic heterocycles. The maximum Gasteiger partial charge on any atom is 0.227 e. The van der Waals surface area contributed by atoms with Gasteiger partial charge in [-0.15, -0.1) is 0 Å². The van der Waals surface area contributed by atoms with Gasteiger partial charge in [0.25, 0.3) is 0 Å². The third kappa shape index (κ3) is 4.91. The summed E-state index contributed by atoms with van der Waals surface area (Å²) < 4.78 is 0. The summed E-state index contributed by atoms with van der Waals surface area (Å²) >= 11 is 0. The molecule has 3 aromatic carbocycles. The summed E-state index contributed by atoms with van der Waals surface area (Å²) in [4.78, 5) is 25.1. The Balaban J connectivity index is 1.63. The molecule has 0 aliphatic carbocycles. The van der Waals surface area contributed by atoms with Crippen molar-refractivity contribution >= 4 is 11.7 Å². The molecular formula is C24H23NO2. The van der Waals surface area contributed by atoms with Crippen LogP contribution < -0.4 is 5.32 Å². The van der Waals surface area contributed by atoms with Crippen LogP contribution in [0.5, 0.6) is 0 Å². The fourth-order valence-electron chi connectivity index (χ4n) is 2.98. The van der Waals surface area contributed by atoms with Crippen molar-refractivity contribution in [3.63, 3.8) is 0 Å². The predicted molar refractivity (Wildman–Crippen MR) is 108 cm³/mol. The summed E-state index contributed by atoms with van der Waals surface area (Å²) in [6, 6.07) is 26.6. The Morgan fingerprint density at radius 3 is 2.15 bits per heavy atom. The minimum atomic E-state index is -0.315. The van der Waals surface area contributed by atoms with Crippen LogP contribution in [0.4, 0.5) is 0 Å². The average molecular weight is 357 g/mol. The van der Waals surface area contributed by atoms with Crippen molar-refractivity contribution in [2.45, 2.75) is 19.3 Å². The molecule has 0 heterocycles. The highest BCUT2D eigenvalue weighted by Gasteiger charge is 2.17. The Bertz CT molecular complexity index is 904. The van der Waals surface area contributed by atoms with Gasteiger partial charge in [-0.1, -0.05) is 78.9 Å². The first-order chi connectivity index (χ1) is 13.1. The summed E-state index contributed by atoms with van der Waals surface area (Å²) in [5.41, 5.74) is 3.28. The van der Waals surface area contributed by atoms with Crippen LogP contribution >= 0.6 is 0 Å². The van der Waals surface area contributed by atoms with Gasteiger partial charge in [0.1, 0.15) is 0 Å². The molecule has 136 valence electrons. The minimum Gasteiger partial charge on any atom is -0.355 e. The van der Waals surface area contributed by atoms with Gasteiger partial charge in [-0.3, -0.25) is 9.59 Å². The molecule has 0 aliphatic heterocycles. The van der Waals surface area contributed by atoms with Crippen LogP contribution in [0.1, 0.15) is 39.9 Å². The quantitative estimate of drug-likeness (QED) is 0.638. The number of hydrogen-bond acceptors (Lipinski definition) is 2. The number of benzene rings is 3. The zero-order valence-electron chi connectivity index (χ0n) is 15.4. The molecule has 27 heavy (non-hydrogen) atoms. The average Bonchev–Trinajstić information content (AvgIpc) is 2.74. The van der Waals surface area contributed by atoms with Crippen molar-refractivity contribution in [3.05, 3.63) is 107 Å². The maximum absolute atomic E-state index is 12.6. The van der Waals surface area contributed by atoms with Crippen molar-refractivity contribution in [3.8, 4) is 0 Å². The lowest BCUT2D eigenvalue weighted by molar-refractivity contribution is -0.122. The van der Waals surface area contributed by atoms with Crippen LogP contribution in [0.2, 0.25) is 0 Å². The van der Waals surface area contributed by atoms with E-state index in [0.29, 0.717) is 17.7 Å². The van der Waals surface area contributed by atoms with Gasteiger partial charge in [-0.2, -0.15) is 0 Å². The highest BCUT2D eigenvalue weighted by molar-refractivity contribution is 6.09. The van der Waals surface area contributed by atoms with Crippen LogP contribution in [0.3, 0.4) is 0 Å². The molecule has 0 radical (unpaired) electrons. The van der Waals surface area contributed by atoms with E-state index in [4.69, 9.17) is 0 Å². The molecule has 0 spiro atoms. The molecule has 3 aromatic rings. The standard InChI is InChI=1S/C24H23NO2/c1-18(24(27)25-16-15-19-9-4-2-5-10-19)21-13-8-14-22(17-21)23(26)20-11-6-3-7-12-20/h2-14,17-18H,15-16H2,1H3,(H,25,27). The Labute approximate surface area is 160 Å². The van der Waals surface area contributed by atoms with Gasteiger partial charge in [0, 0.05) is 17.7 Å². The molecular weight excluding hydrogens is 334 g/mol. The first-order valence-corrected chi connectivity index (χ1v) is 9.16. The van der Waals surface area contributed by atoms with Crippen LogP contribution in [0, 0.1) is 0 Å². The second kappa shape index (κ2) is 8.95. The number of nitrogens with one attached hydrogen (secondary N) is 1. The van der Waals surface area contributed by atoms with Crippen LogP contribution in [0.25, 0.3) is 0 Å². The third-order valence-corrected chi connectivity index (χ3v) is 4.63. The Morgan fingerprint density at radius 2 is 1.44 bits per heavy atom. The molecule has 3 nitrogen and oxygen atoms in total. The van der Waals surface area contributed by atoms with Crippen molar-refractivity contribution in [1.82, 2.24) is 5.32 Å². The molecule has 1 N–H and O–H groups in total. The molecule has 0 aliphatic rings. The second-order valence-electron chi connectivity index (χ2n) is 6.57. The van der Waals surface area contributed by atoms with E-state index in [9.17, 15) is 9.59 Å². The SMILES string of the molecule is CC(C(=O)NCCc1ccccc1)c1cccc(C(=O)c2ccccc2)c1. The maximum atomic E-state index is 12.6. The molecule has 0 bridgehead atoms. The molecule has 1 unspecified atom stereocenters. The lowest BCUT2D eigenvalue weighted by Crippen LogP contribution is -2.29. The van der Waals surface area contributed by atoms with E-state index >= 15 is 0 Å². The summed E-state index contributed by atoms with van der Waals surface area (Å²) in [7, 11) is 0.